The van der Waals surface area contributed by atoms with Crippen LogP contribution in [0.2, 0.25) is 5.02 Å². The van der Waals surface area contributed by atoms with Crippen molar-refractivity contribution < 1.29 is 4.74 Å². The summed E-state index contributed by atoms with van der Waals surface area (Å²) in [6.45, 7) is 0. The number of rotatable bonds is 3. The van der Waals surface area contributed by atoms with Gasteiger partial charge in [0, 0.05) is 14.2 Å². The Morgan fingerprint density at radius 2 is 1.89 bits per heavy atom. The minimum absolute atomic E-state index is 0.0687. The molecule has 0 bridgehead atoms. The van der Waals surface area contributed by atoms with E-state index in [9.17, 15) is 0 Å². The van der Waals surface area contributed by atoms with Gasteiger partial charge in [-0.2, -0.15) is 0 Å². The number of halogens is 3. The molecule has 1 nitrogen and oxygen atoms in total. The summed E-state index contributed by atoms with van der Waals surface area (Å²) in [4.78, 5) is 0.0687. The molecule has 0 aromatic heterocycles. The van der Waals surface area contributed by atoms with Gasteiger partial charge < -0.3 is 4.74 Å². The van der Waals surface area contributed by atoms with Crippen molar-refractivity contribution in [3.8, 4) is 5.75 Å². The fourth-order valence-corrected chi connectivity index (χ4v) is 3.82. The lowest BCUT2D eigenvalue weighted by atomic mass is 10.0. The normalized spacial score (nSPS) is 12.2. The summed E-state index contributed by atoms with van der Waals surface area (Å²) in [5, 5.41) is 0.709. The van der Waals surface area contributed by atoms with Crippen LogP contribution in [0.5, 0.6) is 5.75 Å². The zero-order chi connectivity index (χ0) is 13.1. The Hall–Kier alpha value is -0.260. The van der Waals surface area contributed by atoms with E-state index in [2.05, 4.69) is 50.7 Å². The summed E-state index contributed by atoms with van der Waals surface area (Å²) in [5.74, 6) is 0.834. The van der Waals surface area contributed by atoms with E-state index >= 15 is 0 Å². The van der Waals surface area contributed by atoms with Crippen molar-refractivity contribution >= 4 is 50.1 Å². The average Bonchev–Trinajstić information content (AvgIpc) is 2.38. The highest BCUT2D eigenvalue weighted by molar-refractivity contribution is 14.1. The molecule has 1 atom stereocenters. The number of hydrogen-bond donors (Lipinski definition) is 0. The zero-order valence-electron chi connectivity index (χ0n) is 9.66. The Morgan fingerprint density at radius 1 is 1.17 bits per heavy atom. The van der Waals surface area contributed by atoms with Gasteiger partial charge in [0.05, 0.1) is 11.9 Å². The van der Waals surface area contributed by atoms with E-state index in [1.54, 1.807) is 7.11 Å². The van der Waals surface area contributed by atoms with E-state index in [0.717, 1.165) is 11.3 Å². The molecule has 94 valence electrons. The molecule has 18 heavy (non-hydrogen) atoms. The fourth-order valence-electron chi connectivity index (χ4n) is 1.75. The van der Waals surface area contributed by atoms with Gasteiger partial charge in [-0.1, -0.05) is 45.7 Å². The van der Waals surface area contributed by atoms with Gasteiger partial charge in [-0.05, 0) is 52.4 Å². The molecule has 1 unspecified atom stereocenters. The minimum Gasteiger partial charge on any atom is -0.496 e. The molecule has 0 saturated heterocycles. The fraction of sp³-hybridized carbons (Fsp3) is 0.143. The summed E-state index contributed by atoms with van der Waals surface area (Å²) >= 11 is 12.1. The maximum Gasteiger partial charge on any atom is 0.123 e. The van der Waals surface area contributed by atoms with E-state index in [-0.39, 0.29) is 4.83 Å². The van der Waals surface area contributed by atoms with E-state index < -0.39 is 0 Å². The maximum absolute atomic E-state index is 6.07. The molecule has 0 heterocycles. The van der Waals surface area contributed by atoms with Gasteiger partial charge in [0.2, 0.25) is 0 Å². The highest BCUT2D eigenvalue weighted by Gasteiger charge is 2.17. The quantitative estimate of drug-likeness (QED) is 0.459. The number of methoxy groups -OCH3 is 1. The zero-order valence-corrected chi connectivity index (χ0v) is 14.2. The molecule has 4 heteroatoms. The van der Waals surface area contributed by atoms with Crippen LogP contribution in [0.15, 0.2) is 42.5 Å². The Kier molecular flexibility index (Phi) is 4.92. The summed E-state index contributed by atoms with van der Waals surface area (Å²) < 4.78 is 6.60. The van der Waals surface area contributed by atoms with Crippen molar-refractivity contribution in [2.24, 2.45) is 0 Å². The summed E-state index contributed by atoms with van der Waals surface area (Å²) in [7, 11) is 1.67. The van der Waals surface area contributed by atoms with Crippen LogP contribution in [0, 0.1) is 3.57 Å². The Morgan fingerprint density at radius 3 is 2.56 bits per heavy atom. The van der Waals surface area contributed by atoms with Crippen LogP contribution in [0.4, 0.5) is 0 Å². The molecule has 0 amide bonds. The molecule has 0 aliphatic rings. The van der Waals surface area contributed by atoms with Crippen molar-refractivity contribution in [3.63, 3.8) is 0 Å². The van der Waals surface area contributed by atoms with E-state index in [1.807, 2.05) is 30.3 Å². The lowest BCUT2D eigenvalue weighted by Crippen LogP contribution is -1.99. The van der Waals surface area contributed by atoms with Crippen molar-refractivity contribution in [1.82, 2.24) is 0 Å². The van der Waals surface area contributed by atoms with Gasteiger partial charge in [0.25, 0.3) is 0 Å². The first kappa shape index (κ1) is 14.2. The van der Waals surface area contributed by atoms with Crippen LogP contribution >= 0.6 is 50.1 Å². The first-order chi connectivity index (χ1) is 8.63. The number of benzene rings is 2. The van der Waals surface area contributed by atoms with Crippen molar-refractivity contribution in [3.05, 3.63) is 62.2 Å². The third-order valence-electron chi connectivity index (χ3n) is 2.64. The molecule has 0 fully saturated rings. The van der Waals surface area contributed by atoms with Gasteiger partial charge in [-0.3, -0.25) is 0 Å². The largest absolute Gasteiger partial charge is 0.496 e. The van der Waals surface area contributed by atoms with Gasteiger partial charge in [0.1, 0.15) is 5.75 Å². The minimum atomic E-state index is 0.0687. The number of alkyl halides is 1. The molecule has 2 rings (SSSR count). The molecule has 2 aromatic carbocycles. The first-order valence-electron chi connectivity index (χ1n) is 5.35. The predicted octanol–water partition coefficient (Wildman–Crippen LogP) is 5.44. The molecule has 2 aromatic rings. The maximum atomic E-state index is 6.07. The van der Waals surface area contributed by atoms with Crippen LogP contribution in [0.25, 0.3) is 0 Å². The molecule has 0 N–H and O–H groups in total. The topological polar surface area (TPSA) is 9.23 Å². The van der Waals surface area contributed by atoms with Crippen molar-refractivity contribution in [2.45, 2.75) is 4.83 Å². The summed E-state index contributed by atoms with van der Waals surface area (Å²) in [6.07, 6.45) is 0. The average molecular weight is 438 g/mol. The van der Waals surface area contributed by atoms with Crippen molar-refractivity contribution in [2.75, 3.05) is 7.11 Å². The highest BCUT2D eigenvalue weighted by Crippen LogP contribution is 2.39. The third-order valence-corrected chi connectivity index (χ3v) is 4.85. The molecule has 0 spiro atoms. The molecular formula is C14H11BrClIO. The van der Waals surface area contributed by atoms with Crippen LogP contribution in [0.3, 0.4) is 0 Å². The molecule has 0 aliphatic carbocycles. The van der Waals surface area contributed by atoms with Gasteiger partial charge in [-0.25, -0.2) is 0 Å². The number of hydrogen-bond acceptors (Lipinski definition) is 1. The third kappa shape index (κ3) is 3.00. The monoisotopic (exact) mass is 436 g/mol. The smallest absolute Gasteiger partial charge is 0.123 e. The Bertz CT molecular complexity index is 559. The first-order valence-corrected chi connectivity index (χ1v) is 7.72. The van der Waals surface area contributed by atoms with E-state index in [1.165, 1.54) is 9.13 Å². The van der Waals surface area contributed by atoms with E-state index in [0.29, 0.717) is 5.02 Å². The van der Waals surface area contributed by atoms with Gasteiger partial charge in [0.15, 0.2) is 0 Å². The molecular weight excluding hydrogens is 426 g/mol. The summed E-state index contributed by atoms with van der Waals surface area (Å²) in [5.41, 5.74) is 2.24. The standard InChI is InChI=1S/C14H11BrClIO/c1-18-13-7-6-9(16)8-11(13)14(15)10-4-2-3-5-12(10)17/h2-8,14H,1H3. The second-order valence-corrected chi connectivity index (χ2v) is 6.28. The van der Waals surface area contributed by atoms with Crippen LogP contribution in [-0.4, -0.2) is 7.11 Å². The second kappa shape index (κ2) is 6.26. The van der Waals surface area contributed by atoms with Crippen LogP contribution in [-0.2, 0) is 0 Å². The van der Waals surface area contributed by atoms with E-state index in [4.69, 9.17) is 16.3 Å². The Balaban J connectivity index is 2.48. The molecule has 0 saturated carbocycles. The highest BCUT2D eigenvalue weighted by atomic mass is 127. The number of ether oxygens (including phenoxy) is 1. The lowest BCUT2D eigenvalue weighted by molar-refractivity contribution is 0.410. The lowest BCUT2D eigenvalue weighted by Gasteiger charge is -2.16. The van der Waals surface area contributed by atoms with Gasteiger partial charge in [-0.15, -0.1) is 0 Å². The van der Waals surface area contributed by atoms with Gasteiger partial charge >= 0.3 is 0 Å². The summed E-state index contributed by atoms with van der Waals surface area (Å²) in [6, 6.07) is 13.9. The molecule has 0 aliphatic heterocycles. The SMILES string of the molecule is COc1ccc(Cl)cc1C(Br)c1ccccc1I. The Labute approximate surface area is 134 Å². The molecule has 0 radical (unpaired) electrons. The predicted molar refractivity (Wildman–Crippen MR) is 87.9 cm³/mol. The van der Waals surface area contributed by atoms with Crippen LogP contribution in [0.1, 0.15) is 16.0 Å². The second-order valence-electron chi connectivity index (χ2n) is 3.77. The van der Waals surface area contributed by atoms with Crippen LogP contribution < -0.4 is 4.74 Å². The van der Waals surface area contributed by atoms with Crippen molar-refractivity contribution in [1.29, 1.82) is 0 Å².